The zero-order valence-corrected chi connectivity index (χ0v) is 16.0. The van der Waals surface area contributed by atoms with Crippen molar-refractivity contribution in [1.82, 2.24) is 19.4 Å². The van der Waals surface area contributed by atoms with Gasteiger partial charge in [0.1, 0.15) is 0 Å². The number of nitrogen functional groups attached to an aromatic ring is 1. The van der Waals surface area contributed by atoms with Crippen molar-refractivity contribution < 1.29 is 29.6 Å². The van der Waals surface area contributed by atoms with Gasteiger partial charge in [0, 0.05) is 5.39 Å². The van der Waals surface area contributed by atoms with Gasteiger partial charge in [-0.15, -0.1) is 5.52 Å². The second-order valence-electron chi connectivity index (χ2n) is 5.09. The molecule has 9 heteroatoms. The smallest absolute Gasteiger partial charge is 0.585 e. The maximum atomic E-state index is 12.7. The molecule has 0 bridgehead atoms. The van der Waals surface area contributed by atoms with E-state index in [1.807, 2.05) is 31.2 Å². The van der Waals surface area contributed by atoms with Crippen molar-refractivity contribution in [3.63, 3.8) is 0 Å². The van der Waals surface area contributed by atoms with Gasteiger partial charge in [-0.05, 0) is 24.6 Å². The fourth-order valence-electron chi connectivity index (χ4n) is 2.66. The van der Waals surface area contributed by atoms with Crippen molar-refractivity contribution in [1.29, 1.82) is 0 Å². The van der Waals surface area contributed by atoms with Crippen LogP contribution in [0.15, 0.2) is 39.9 Å². The summed E-state index contributed by atoms with van der Waals surface area (Å²) in [6.45, 7) is 1.84. The Labute approximate surface area is 162 Å². The molecule has 0 saturated carbocycles. The summed E-state index contributed by atoms with van der Waals surface area (Å²) in [5.41, 5.74) is 0.932. The second-order valence-corrected chi connectivity index (χ2v) is 6.10. The number of nitrogens with two attached hydrogens (primary N) is 1. The van der Waals surface area contributed by atoms with E-state index in [4.69, 9.17) is 5.84 Å². The Morgan fingerprint density at radius 3 is 2.75 bits per heavy atom. The molecule has 2 N–H and O–H groups in total. The minimum Gasteiger partial charge on any atom is -0.585 e. The van der Waals surface area contributed by atoms with Crippen LogP contribution in [0.2, 0.25) is 0 Å². The van der Waals surface area contributed by atoms with Crippen molar-refractivity contribution >= 4 is 32.5 Å². The maximum absolute atomic E-state index is 12.7. The number of rotatable bonds is 2. The number of thiazole rings is 1. The van der Waals surface area contributed by atoms with Crippen LogP contribution in [0.5, 0.6) is 0 Å². The molecule has 0 aliphatic heterocycles. The Morgan fingerprint density at radius 1 is 1.29 bits per heavy atom. The van der Waals surface area contributed by atoms with Gasteiger partial charge in [-0.2, -0.15) is 0 Å². The van der Waals surface area contributed by atoms with Crippen LogP contribution < -0.4 is 51.6 Å². The van der Waals surface area contributed by atoms with Gasteiger partial charge in [-0.25, -0.2) is 9.66 Å². The summed E-state index contributed by atoms with van der Waals surface area (Å²) in [5, 5.41) is 5.12. The van der Waals surface area contributed by atoms with E-state index in [0.717, 1.165) is 14.9 Å². The number of hydrogen-bond acceptors (Lipinski definition) is 5. The second kappa shape index (κ2) is 6.21. The predicted molar refractivity (Wildman–Crippen MR) is 89.8 cm³/mol. The average molecular weight is 349 g/mol. The molecule has 0 aliphatic rings. The van der Waals surface area contributed by atoms with Crippen LogP contribution in [0.4, 0.5) is 0 Å². The molecule has 4 rings (SSSR count). The van der Waals surface area contributed by atoms with Crippen molar-refractivity contribution in [2.24, 2.45) is 0 Å². The summed E-state index contributed by atoms with van der Waals surface area (Å²) < 4.78 is 3.22. The summed E-state index contributed by atoms with van der Waals surface area (Å²) in [7, 11) is 0. The molecule has 0 saturated heterocycles. The van der Waals surface area contributed by atoms with Gasteiger partial charge in [-0.1, -0.05) is 30.4 Å². The van der Waals surface area contributed by atoms with Crippen LogP contribution in [0.25, 0.3) is 26.3 Å². The fourth-order valence-corrected chi connectivity index (χ4v) is 3.57. The van der Waals surface area contributed by atoms with Crippen molar-refractivity contribution in [3.8, 4) is 5.13 Å². The van der Waals surface area contributed by atoms with E-state index in [1.165, 1.54) is 22.1 Å². The van der Waals surface area contributed by atoms with Crippen molar-refractivity contribution in [3.05, 3.63) is 56.7 Å². The molecule has 7 nitrogen and oxygen atoms in total. The molecule has 3 heterocycles. The molecule has 0 fully saturated rings. The molecule has 1 aromatic carbocycles. The minimum absolute atomic E-state index is 0. The molecule has 116 valence electrons. The SMILES string of the molecule is CCc1c2c(=O)n(-c3nc4ccccc4s3)[n-]c2cc(=O)n1N.[Na+]. The van der Waals surface area contributed by atoms with Crippen LogP contribution >= 0.6 is 11.3 Å². The molecule has 4 aromatic rings. The Balaban J connectivity index is 0.00000169. The first kappa shape index (κ1) is 17.0. The van der Waals surface area contributed by atoms with E-state index in [9.17, 15) is 9.59 Å². The molecule has 0 radical (unpaired) electrons. The monoisotopic (exact) mass is 349 g/mol. The van der Waals surface area contributed by atoms with Crippen LogP contribution in [-0.2, 0) is 6.42 Å². The summed E-state index contributed by atoms with van der Waals surface area (Å²) in [4.78, 5) is 29.1. The number of aromatic nitrogens is 4. The van der Waals surface area contributed by atoms with Crippen LogP contribution in [0.1, 0.15) is 12.6 Å². The summed E-state index contributed by atoms with van der Waals surface area (Å²) in [6.07, 6.45) is 0.462. The van der Waals surface area contributed by atoms with E-state index >= 15 is 0 Å². The number of hydrogen-bond donors (Lipinski definition) is 1. The predicted octanol–water partition coefficient (Wildman–Crippen LogP) is -2.00. The Morgan fingerprint density at radius 2 is 2.04 bits per heavy atom. The molecular weight excluding hydrogens is 337 g/mol. The molecule has 3 aromatic heterocycles. The van der Waals surface area contributed by atoms with E-state index in [0.29, 0.717) is 28.1 Å². The Bertz CT molecular complexity index is 1140. The van der Waals surface area contributed by atoms with E-state index in [1.54, 1.807) is 0 Å². The zero-order valence-electron chi connectivity index (χ0n) is 13.2. The summed E-state index contributed by atoms with van der Waals surface area (Å²) >= 11 is 1.37. The fraction of sp³-hybridized carbons (Fsp3) is 0.133. The third kappa shape index (κ3) is 2.42. The quantitative estimate of drug-likeness (QED) is 0.333. The van der Waals surface area contributed by atoms with E-state index in [2.05, 4.69) is 10.1 Å². The van der Waals surface area contributed by atoms with Gasteiger partial charge in [0.25, 0.3) is 5.56 Å². The Hall–Kier alpha value is -1.87. The molecule has 24 heavy (non-hydrogen) atoms. The van der Waals surface area contributed by atoms with E-state index < -0.39 is 0 Å². The maximum Gasteiger partial charge on any atom is 1.00 e. The molecule has 0 atom stereocenters. The van der Waals surface area contributed by atoms with Crippen molar-refractivity contribution in [2.45, 2.75) is 13.3 Å². The van der Waals surface area contributed by atoms with Crippen molar-refractivity contribution in [2.75, 3.05) is 5.84 Å². The normalized spacial score (nSPS) is 11.0. The minimum atomic E-state index is -0.386. The first-order valence-corrected chi connectivity index (χ1v) is 7.87. The Kier molecular flexibility index (Phi) is 4.39. The topological polar surface area (TPSA) is 97.0 Å². The number of aryl methyl sites for hydroxylation is 1. The van der Waals surface area contributed by atoms with Gasteiger partial charge in [0.2, 0.25) is 5.56 Å². The summed E-state index contributed by atoms with van der Waals surface area (Å²) in [5.74, 6) is 5.75. The number of pyridine rings is 1. The van der Waals surface area contributed by atoms with Crippen LogP contribution in [-0.4, -0.2) is 14.3 Å². The number of nitrogens with zero attached hydrogens (tertiary/aromatic N) is 4. The number of para-hydroxylation sites is 1. The van der Waals surface area contributed by atoms with Crippen LogP contribution in [0.3, 0.4) is 0 Å². The zero-order chi connectivity index (χ0) is 16.1. The third-order valence-corrected chi connectivity index (χ3v) is 4.76. The molecule has 0 unspecified atom stereocenters. The molecule has 0 amide bonds. The first-order chi connectivity index (χ1) is 11.1. The summed E-state index contributed by atoms with van der Waals surface area (Å²) in [6, 6.07) is 8.90. The number of benzene rings is 1. The molecule has 0 spiro atoms. The first-order valence-electron chi connectivity index (χ1n) is 7.06. The van der Waals surface area contributed by atoms with Gasteiger partial charge >= 0.3 is 29.6 Å². The van der Waals surface area contributed by atoms with Gasteiger partial charge in [-0.3, -0.25) is 9.59 Å². The molecular formula is C15H12N5NaO2S. The van der Waals surface area contributed by atoms with E-state index in [-0.39, 0.29) is 40.7 Å². The average Bonchev–Trinajstić information content (AvgIpc) is 3.10. The number of fused-ring (bicyclic) bond motifs is 2. The van der Waals surface area contributed by atoms with Gasteiger partial charge < -0.3 is 15.6 Å². The largest absolute Gasteiger partial charge is 1.00 e. The van der Waals surface area contributed by atoms with Crippen LogP contribution in [0, 0.1) is 0 Å². The molecule has 0 aliphatic carbocycles. The van der Waals surface area contributed by atoms with Gasteiger partial charge in [0.15, 0.2) is 5.13 Å². The standard InChI is InChI=1S/C15H13N5O2S.Na/c1-2-10-13-9(7-12(21)19(10)16)18-20(14(13)22)15-17-8-5-3-4-6-11(8)23-15;/h3-7H,2,16H2,1H3,(H,18,21);/q;+1/p-1. The third-order valence-electron chi connectivity index (χ3n) is 3.75. The van der Waals surface area contributed by atoms with Gasteiger partial charge in [0.05, 0.1) is 15.9 Å².